The smallest absolute Gasteiger partial charge is 0.457 e. The standard InChI is InChI=1S/C26H18F13NO3/c27-22(28,24(32,33)25(34,35)36)16-5-1-3-14(11-16)21(40-13-20(41)23(29,30)31)15-4-2-6-19(12-15)42-17-7-9-18(10-8-17)43-26(37,38)39/h1-12,20-21,40-41H,13H2. The highest BCUT2D eigenvalue weighted by Crippen LogP contribution is 2.52. The summed E-state index contributed by atoms with van der Waals surface area (Å²) < 4.78 is 179. The van der Waals surface area contributed by atoms with E-state index in [2.05, 4.69) is 10.1 Å². The van der Waals surface area contributed by atoms with Crippen LogP contribution in [0.2, 0.25) is 0 Å². The lowest BCUT2D eigenvalue weighted by Crippen LogP contribution is -2.50. The van der Waals surface area contributed by atoms with E-state index in [1.54, 1.807) is 0 Å². The molecular weight excluding hydrogens is 621 g/mol. The molecule has 0 fully saturated rings. The molecule has 3 aromatic carbocycles. The first kappa shape index (κ1) is 33.8. The number of hydrogen-bond acceptors (Lipinski definition) is 4. The van der Waals surface area contributed by atoms with E-state index in [-0.39, 0.29) is 29.2 Å². The van der Waals surface area contributed by atoms with Gasteiger partial charge in [-0.1, -0.05) is 30.3 Å². The third kappa shape index (κ3) is 8.22. The summed E-state index contributed by atoms with van der Waals surface area (Å²) in [6.45, 7) is -1.26. The maximum atomic E-state index is 14.4. The van der Waals surface area contributed by atoms with Crippen LogP contribution < -0.4 is 14.8 Å². The van der Waals surface area contributed by atoms with Crippen LogP contribution >= 0.6 is 0 Å². The van der Waals surface area contributed by atoms with Gasteiger partial charge in [-0.25, -0.2) is 0 Å². The maximum absolute atomic E-state index is 14.4. The second-order valence-corrected chi connectivity index (χ2v) is 8.86. The number of alkyl halides is 13. The van der Waals surface area contributed by atoms with E-state index in [4.69, 9.17) is 4.74 Å². The lowest BCUT2D eigenvalue weighted by molar-refractivity contribution is -0.359. The van der Waals surface area contributed by atoms with Crippen molar-refractivity contribution in [3.8, 4) is 17.2 Å². The van der Waals surface area contributed by atoms with Crippen molar-refractivity contribution in [1.29, 1.82) is 0 Å². The van der Waals surface area contributed by atoms with Gasteiger partial charge in [0.1, 0.15) is 17.2 Å². The summed E-state index contributed by atoms with van der Waals surface area (Å²) in [5.74, 6) is -13.0. The molecule has 4 nitrogen and oxygen atoms in total. The highest BCUT2D eigenvalue weighted by molar-refractivity contribution is 5.41. The lowest BCUT2D eigenvalue weighted by atomic mass is 9.93. The molecule has 3 aromatic rings. The maximum Gasteiger partial charge on any atom is 0.573 e. The molecule has 2 unspecified atom stereocenters. The highest BCUT2D eigenvalue weighted by atomic mass is 19.4. The Bertz CT molecular complexity index is 1370. The largest absolute Gasteiger partial charge is 0.573 e. The normalized spacial score (nSPS) is 14.7. The Hall–Kier alpha value is -3.73. The summed E-state index contributed by atoms with van der Waals surface area (Å²) in [5, 5.41) is 11.6. The zero-order valence-electron chi connectivity index (χ0n) is 21.0. The summed E-state index contributed by atoms with van der Waals surface area (Å²) in [7, 11) is 0. The van der Waals surface area contributed by atoms with Gasteiger partial charge in [0.15, 0.2) is 6.10 Å². The van der Waals surface area contributed by atoms with E-state index in [0.717, 1.165) is 36.4 Å². The Balaban J connectivity index is 1.99. The van der Waals surface area contributed by atoms with Crippen molar-refractivity contribution in [3.05, 3.63) is 89.5 Å². The van der Waals surface area contributed by atoms with Gasteiger partial charge in [0.2, 0.25) is 0 Å². The molecule has 0 heterocycles. The van der Waals surface area contributed by atoms with Crippen LogP contribution in [0.5, 0.6) is 17.2 Å². The lowest BCUT2D eigenvalue weighted by Gasteiger charge is -2.29. The number of halogens is 13. The summed E-state index contributed by atoms with van der Waals surface area (Å²) in [5.41, 5.74) is -2.38. The SMILES string of the molecule is OC(CNC(c1cccc(Oc2ccc(OC(F)(F)F)cc2)c1)c1cccc(C(F)(F)C(F)(F)C(F)(F)F)c1)C(F)(F)F. The van der Waals surface area contributed by atoms with Gasteiger partial charge in [-0.15, -0.1) is 13.2 Å². The molecule has 0 bridgehead atoms. The Morgan fingerprint density at radius 3 is 1.72 bits per heavy atom. The highest BCUT2D eigenvalue weighted by Gasteiger charge is 2.73. The molecule has 0 saturated carbocycles. The van der Waals surface area contributed by atoms with E-state index >= 15 is 0 Å². The van der Waals surface area contributed by atoms with Crippen molar-refractivity contribution >= 4 is 0 Å². The van der Waals surface area contributed by atoms with Crippen LogP contribution in [0.3, 0.4) is 0 Å². The summed E-state index contributed by atoms with van der Waals surface area (Å²) >= 11 is 0. The first-order valence-corrected chi connectivity index (χ1v) is 11.7. The van der Waals surface area contributed by atoms with Gasteiger partial charge in [0.05, 0.1) is 6.04 Å². The molecule has 0 radical (unpaired) electrons. The minimum atomic E-state index is -6.65. The van der Waals surface area contributed by atoms with Crippen LogP contribution in [0.25, 0.3) is 0 Å². The molecular formula is C26H18F13NO3. The second kappa shape index (κ2) is 12.1. The van der Waals surface area contributed by atoms with E-state index in [9.17, 15) is 62.2 Å². The minimum absolute atomic E-state index is 0.0558. The summed E-state index contributed by atoms with van der Waals surface area (Å²) in [6, 6.07) is 9.32. The van der Waals surface area contributed by atoms with Crippen LogP contribution in [0.1, 0.15) is 22.7 Å². The fraction of sp³-hybridized carbons (Fsp3) is 0.308. The average Bonchev–Trinajstić information content (AvgIpc) is 2.88. The average molecular weight is 639 g/mol. The summed E-state index contributed by atoms with van der Waals surface area (Å²) in [4.78, 5) is 0. The third-order valence-electron chi connectivity index (χ3n) is 5.71. The monoisotopic (exact) mass is 639 g/mol. The predicted octanol–water partition coefficient (Wildman–Crippen LogP) is 8.27. The van der Waals surface area contributed by atoms with Crippen LogP contribution in [0, 0.1) is 0 Å². The molecule has 17 heteroatoms. The topological polar surface area (TPSA) is 50.7 Å². The number of hydrogen-bond donors (Lipinski definition) is 2. The number of aliphatic hydroxyl groups excluding tert-OH is 1. The number of nitrogens with one attached hydrogen (secondary N) is 1. The van der Waals surface area contributed by atoms with Crippen molar-refractivity contribution < 1.29 is 71.7 Å². The summed E-state index contributed by atoms with van der Waals surface area (Å²) in [6.07, 6.45) is -19.8. The molecule has 0 aliphatic rings. The van der Waals surface area contributed by atoms with Gasteiger partial charge in [0.25, 0.3) is 0 Å². The van der Waals surface area contributed by atoms with Gasteiger partial charge < -0.3 is 19.9 Å². The van der Waals surface area contributed by atoms with Crippen LogP contribution in [0.15, 0.2) is 72.8 Å². The van der Waals surface area contributed by atoms with Crippen molar-refractivity contribution in [2.75, 3.05) is 6.54 Å². The fourth-order valence-electron chi connectivity index (χ4n) is 3.65. The van der Waals surface area contributed by atoms with E-state index in [1.807, 2.05) is 0 Å². The zero-order valence-corrected chi connectivity index (χ0v) is 21.0. The first-order valence-electron chi connectivity index (χ1n) is 11.7. The fourth-order valence-corrected chi connectivity index (χ4v) is 3.65. The molecule has 236 valence electrons. The molecule has 0 aliphatic carbocycles. The molecule has 43 heavy (non-hydrogen) atoms. The molecule has 0 aliphatic heterocycles. The number of rotatable bonds is 10. The third-order valence-corrected chi connectivity index (χ3v) is 5.71. The van der Waals surface area contributed by atoms with Crippen molar-refractivity contribution in [1.82, 2.24) is 5.32 Å². The predicted molar refractivity (Wildman–Crippen MR) is 123 cm³/mol. The van der Waals surface area contributed by atoms with Crippen LogP contribution in [-0.4, -0.2) is 42.4 Å². The Labute approximate surface area is 233 Å². The molecule has 0 spiro atoms. The van der Waals surface area contributed by atoms with Crippen molar-refractivity contribution in [2.45, 2.75) is 42.7 Å². The van der Waals surface area contributed by atoms with Gasteiger partial charge in [-0.3, -0.25) is 0 Å². The quantitative estimate of drug-likeness (QED) is 0.220. The molecule has 0 aromatic heterocycles. The number of benzene rings is 3. The van der Waals surface area contributed by atoms with Crippen LogP contribution in [0.4, 0.5) is 57.1 Å². The van der Waals surface area contributed by atoms with Gasteiger partial charge in [-0.05, 0) is 53.6 Å². The van der Waals surface area contributed by atoms with Crippen molar-refractivity contribution in [2.24, 2.45) is 0 Å². The number of ether oxygens (including phenoxy) is 2. The van der Waals surface area contributed by atoms with E-state index < -0.39 is 66.1 Å². The Morgan fingerprint density at radius 1 is 0.651 bits per heavy atom. The molecule has 2 N–H and O–H groups in total. The second-order valence-electron chi connectivity index (χ2n) is 8.86. The Kier molecular flexibility index (Phi) is 9.51. The van der Waals surface area contributed by atoms with Gasteiger partial charge >= 0.3 is 30.6 Å². The molecule has 3 rings (SSSR count). The Morgan fingerprint density at radius 2 is 1.19 bits per heavy atom. The molecule has 2 atom stereocenters. The first-order chi connectivity index (χ1) is 19.6. The van der Waals surface area contributed by atoms with Crippen molar-refractivity contribution in [3.63, 3.8) is 0 Å². The van der Waals surface area contributed by atoms with Gasteiger partial charge in [-0.2, -0.15) is 43.9 Å². The number of aliphatic hydroxyl groups is 1. The van der Waals surface area contributed by atoms with Gasteiger partial charge in [0, 0.05) is 12.1 Å². The van der Waals surface area contributed by atoms with E-state index in [0.29, 0.717) is 6.07 Å². The zero-order chi connectivity index (χ0) is 32.4. The minimum Gasteiger partial charge on any atom is -0.457 e. The molecule has 0 saturated heterocycles. The molecule has 0 amide bonds. The van der Waals surface area contributed by atoms with E-state index in [1.165, 1.54) is 18.2 Å². The van der Waals surface area contributed by atoms with Crippen LogP contribution in [-0.2, 0) is 5.92 Å².